The number of sulfonamides is 1. The van der Waals surface area contributed by atoms with Crippen LogP contribution in [0.1, 0.15) is 16.8 Å². The molecule has 2 N–H and O–H groups in total. The maximum Gasteiger partial charge on any atom is 0.246 e. The van der Waals surface area contributed by atoms with Gasteiger partial charge in [-0.25, -0.2) is 8.42 Å². The van der Waals surface area contributed by atoms with Gasteiger partial charge in [-0.2, -0.15) is 4.31 Å². The van der Waals surface area contributed by atoms with Crippen LogP contribution in [0.2, 0.25) is 0 Å². The molecule has 0 saturated heterocycles. The third kappa shape index (κ3) is 2.69. The van der Waals surface area contributed by atoms with Crippen molar-refractivity contribution in [2.75, 3.05) is 20.2 Å². The summed E-state index contributed by atoms with van der Waals surface area (Å²) in [4.78, 5) is 24.4. The number of carbonyl (C=O) groups excluding carboxylic acids is 2. The fourth-order valence-electron chi connectivity index (χ4n) is 2.17. The minimum atomic E-state index is -3.88. The summed E-state index contributed by atoms with van der Waals surface area (Å²) in [5.74, 6) is -1.24. The first-order chi connectivity index (χ1) is 9.91. The Balaban J connectivity index is 2.38. The van der Waals surface area contributed by atoms with Gasteiger partial charge in [0.2, 0.25) is 15.9 Å². The molecule has 21 heavy (non-hydrogen) atoms. The number of likely N-dealkylation sites (N-methyl/N-ethyl adjacent to an activating group) is 1. The Kier molecular flexibility index (Phi) is 4.40. The van der Waals surface area contributed by atoms with Crippen molar-refractivity contribution >= 4 is 21.7 Å². The smallest absolute Gasteiger partial charge is 0.246 e. The van der Waals surface area contributed by atoms with E-state index in [-0.39, 0.29) is 23.6 Å². The van der Waals surface area contributed by atoms with Gasteiger partial charge in [-0.3, -0.25) is 9.59 Å². The van der Waals surface area contributed by atoms with Gasteiger partial charge in [0, 0.05) is 25.8 Å². The molecular formula is C13H16N2O5S. The average molecular weight is 312 g/mol. The van der Waals surface area contributed by atoms with Crippen molar-refractivity contribution in [3.05, 3.63) is 29.8 Å². The number of ketones is 1. The van der Waals surface area contributed by atoms with E-state index < -0.39 is 27.8 Å². The van der Waals surface area contributed by atoms with Crippen molar-refractivity contribution < 1.29 is 23.1 Å². The van der Waals surface area contributed by atoms with Crippen molar-refractivity contribution in [2.24, 2.45) is 0 Å². The third-order valence-electron chi connectivity index (χ3n) is 3.30. The number of hydrogen-bond donors (Lipinski definition) is 2. The molecule has 8 heteroatoms. The molecule has 0 bridgehead atoms. The van der Waals surface area contributed by atoms with Crippen LogP contribution in [0.25, 0.3) is 0 Å². The maximum absolute atomic E-state index is 12.4. The summed E-state index contributed by atoms with van der Waals surface area (Å²) < 4.78 is 25.5. The lowest BCUT2D eigenvalue weighted by Gasteiger charge is -2.30. The van der Waals surface area contributed by atoms with Crippen molar-refractivity contribution in [1.82, 2.24) is 9.62 Å². The van der Waals surface area contributed by atoms with Gasteiger partial charge in [0.05, 0.1) is 4.90 Å². The molecule has 1 heterocycles. The van der Waals surface area contributed by atoms with Gasteiger partial charge >= 0.3 is 0 Å². The summed E-state index contributed by atoms with van der Waals surface area (Å²) >= 11 is 0. The van der Waals surface area contributed by atoms with Crippen molar-refractivity contribution in [3.63, 3.8) is 0 Å². The third-order valence-corrected chi connectivity index (χ3v) is 5.18. The fourth-order valence-corrected chi connectivity index (χ4v) is 3.65. The van der Waals surface area contributed by atoms with E-state index in [0.29, 0.717) is 6.42 Å². The molecule has 7 nitrogen and oxygen atoms in total. The number of carbonyl (C=O) groups is 2. The topological polar surface area (TPSA) is 104 Å². The normalized spacial score (nSPS) is 20.9. The molecule has 0 aliphatic carbocycles. The van der Waals surface area contributed by atoms with Gasteiger partial charge in [-0.05, 0) is 18.6 Å². The highest BCUT2D eigenvalue weighted by Gasteiger charge is 2.44. The Morgan fingerprint density at radius 3 is 2.71 bits per heavy atom. The largest absolute Gasteiger partial charge is 0.396 e. The molecule has 1 atom stereocenters. The zero-order chi connectivity index (χ0) is 15.6. The molecule has 2 rings (SSSR count). The number of rotatable bonds is 4. The molecule has 0 aromatic heterocycles. The number of amides is 1. The lowest BCUT2D eigenvalue weighted by molar-refractivity contribution is -0.123. The molecule has 1 amide bonds. The van der Waals surface area contributed by atoms with Crippen molar-refractivity contribution in [1.29, 1.82) is 0 Å². The van der Waals surface area contributed by atoms with Crippen molar-refractivity contribution in [3.8, 4) is 0 Å². The average Bonchev–Trinajstić information content (AvgIpc) is 2.46. The Labute approximate surface area is 122 Å². The monoisotopic (exact) mass is 312 g/mol. The van der Waals surface area contributed by atoms with Gasteiger partial charge in [0.25, 0.3) is 0 Å². The van der Waals surface area contributed by atoms with E-state index in [2.05, 4.69) is 5.32 Å². The number of benzene rings is 1. The molecule has 0 spiro atoms. The molecule has 0 fully saturated rings. The molecule has 0 radical (unpaired) electrons. The number of nitrogens with zero attached hydrogens (tertiary/aromatic N) is 1. The van der Waals surface area contributed by atoms with Crippen LogP contribution in [-0.4, -0.2) is 55.8 Å². The lowest BCUT2D eigenvalue weighted by atomic mass is 10.0. The quantitative estimate of drug-likeness (QED) is 0.569. The Hall–Kier alpha value is -1.77. The molecular weight excluding hydrogens is 296 g/mol. The van der Waals surface area contributed by atoms with Gasteiger partial charge in [0.15, 0.2) is 11.8 Å². The standard InChI is InChI=1S/C13H16N2O5S/c1-15-11(13(18)14-7-4-8-16)12(17)9-5-2-3-6-10(9)21(15,19)20/h2-3,5-6,11,16H,4,7-8H2,1H3,(H,14,18). The fraction of sp³-hybridized carbons (Fsp3) is 0.385. The van der Waals surface area contributed by atoms with Crippen molar-refractivity contribution in [2.45, 2.75) is 17.4 Å². The predicted octanol–water partition coefficient (Wildman–Crippen LogP) is -0.629. The first-order valence-corrected chi connectivity index (χ1v) is 7.85. The number of nitrogens with one attached hydrogen (secondary N) is 1. The maximum atomic E-state index is 12.4. The van der Waals surface area contributed by atoms with E-state index in [1.165, 1.54) is 25.2 Å². The van der Waals surface area contributed by atoms with E-state index in [0.717, 1.165) is 4.31 Å². The van der Waals surface area contributed by atoms with E-state index >= 15 is 0 Å². The van der Waals surface area contributed by atoms with Crippen LogP contribution in [0.4, 0.5) is 0 Å². The van der Waals surface area contributed by atoms with Gasteiger partial charge < -0.3 is 10.4 Å². The number of Topliss-reactive ketones (excluding diaryl/α,β-unsaturated/α-hetero) is 1. The Morgan fingerprint density at radius 2 is 2.05 bits per heavy atom. The molecule has 1 aromatic carbocycles. The van der Waals surface area contributed by atoms with Gasteiger partial charge in [0.1, 0.15) is 0 Å². The second-order valence-corrected chi connectivity index (χ2v) is 6.62. The van der Waals surface area contributed by atoms with E-state index in [4.69, 9.17) is 5.11 Å². The minimum Gasteiger partial charge on any atom is -0.396 e. The Morgan fingerprint density at radius 1 is 1.38 bits per heavy atom. The van der Waals surface area contributed by atoms with Crippen LogP contribution in [-0.2, 0) is 14.8 Å². The predicted molar refractivity (Wildman–Crippen MR) is 74.2 cm³/mol. The van der Waals surface area contributed by atoms with Crippen LogP contribution in [0, 0.1) is 0 Å². The highest BCUT2D eigenvalue weighted by Crippen LogP contribution is 2.28. The number of aliphatic hydroxyl groups excluding tert-OH is 1. The van der Waals surface area contributed by atoms with Crippen LogP contribution in [0.15, 0.2) is 29.2 Å². The highest BCUT2D eigenvalue weighted by molar-refractivity contribution is 7.89. The second kappa shape index (κ2) is 5.92. The number of fused-ring (bicyclic) bond motifs is 1. The second-order valence-electron chi connectivity index (χ2n) is 4.65. The number of hydrogen-bond acceptors (Lipinski definition) is 5. The molecule has 1 aliphatic heterocycles. The van der Waals surface area contributed by atoms with Crippen LogP contribution >= 0.6 is 0 Å². The molecule has 0 saturated carbocycles. The van der Waals surface area contributed by atoms with E-state index in [9.17, 15) is 18.0 Å². The summed E-state index contributed by atoms with van der Waals surface area (Å²) in [6.45, 7) is 0.0739. The molecule has 114 valence electrons. The molecule has 1 aliphatic rings. The zero-order valence-electron chi connectivity index (χ0n) is 11.4. The lowest BCUT2D eigenvalue weighted by Crippen LogP contribution is -2.55. The zero-order valence-corrected chi connectivity index (χ0v) is 12.3. The summed E-state index contributed by atoms with van der Waals surface area (Å²) in [5, 5.41) is 11.1. The first kappa shape index (κ1) is 15.6. The summed E-state index contributed by atoms with van der Waals surface area (Å²) in [5.41, 5.74) is 0.0258. The SMILES string of the molecule is CN1C(C(=O)NCCCO)C(=O)c2ccccc2S1(=O)=O. The summed E-state index contributed by atoms with van der Waals surface area (Å²) in [7, 11) is -2.67. The molecule has 1 aromatic rings. The van der Waals surface area contributed by atoms with Gasteiger partial charge in [-0.15, -0.1) is 0 Å². The van der Waals surface area contributed by atoms with Crippen LogP contribution in [0.5, 0.6) is 0 Å². The highest BCUT2D eigenvalue weighted by atomic mass is 32.2. The number of aliphatic hydroxyl groups is 1. The van der Waals surface area contributed by atoms with Gasteiger partial charge in [-0.1, -0.05) is 12.1 Å². The van der Waals surface area contributed by atoms with Crippen LogP contribution in [0.3, 0.4) is 0 Å². The Bertz CT molecular complexity index is 671. The van der Waals surface area contributed by atoms with E-state index in [1.807, 2.05) is 0 Å². The van der Waals surface area contributed by atoms with Crippen LogP contribution < -0.4 is 5.32 Å². The van der Waals surface area contributed by atoms with E-state index in [1.54, 1.807) is 6.07 Å². The first-order valence-electron chi connectivity index (χ1n) is 6.41. The molecule has 1 unspecified atom stereocenters. The summed E-state index contributed by atoms with van der Waals surface area (Å²) in [6, 6.07) is 4.41. The minimum absolute atomic E-state index is 0.0258. The summed E-state index contributed by atoms with van der Waals surface area (Å²) in [6.07, 6.45) is 0.333.